The van der Waals surface area contributed by atoms with Crippen molar-refractivity contribution in [1.29, 1.82) is 0 Å². The van der Waals surface area contributed by atoms with Gasteiger partial charge in [0.2, 0.25) is 0 Å². The Morgan fingerprint density at radius 3 is 1.63 bits per heavy atom. The molecule has 14 aromatic rings. The van der Waals surface area contributed by atoms with Gasteiger partial charge in [0, 0.05) is 59.1 Å². The van der Waals surface area contributed by atoms with Crippen LogP contribution in [-0.2, 0) is 0 Å². The molecule has 0 aliphatic rings. The van der Waals surface area contributed by atoms with Crippen LogP contribution in [0.2, 0.25) is 0 Å². The molecule has 0 spiro atoms. The third-order valence-electron chi connectivity index (χ3n) is 12.9. The first-order valence-corrected chi connectivity index (χ1v) is 22.1. The summed E-state index contributed by atoms with van der Waals surface area (Å²) >= 11 is 1.90. The lowest BCUT2D eigenvalue weighted by molar-refractivity contribution is 1.08. The largest absolute Gasteiger partial charge is 0.309 e. The number of aromatic nitrogens is 5. The molecule has 0 N–H and O–H groups in total. The van der Waals surface area contributed by atoms with Crippen molar-refractivity contribution in [1.82, 2.24) is 23.9 Å². The molecule has 0 saturated heterocycles. The molecule has 9 aromatic carbocycles. The van der Waals surface area contributed by atoms with E-state index in [1.165, 1.54) is 69.4 Å². The summed E-state index contributed by atoms with van der Waals surface area (Å²) in [6, 6.07) is 71.7. The standard InChI is InChI=1S/C57H33N5S/c1-3-14-34(15-4-1)55-58-56(35-16-5-2-6-17-35)60-57(59-55)42-28-31-48(39-19-8-7-18-38(39)42)61-47-24-11-9-20-40(47)45-32-36(26-29-49(45)61)37-27-30-50-46(33-37)41-22-13-23-44-52(41)62(50)53-43-21-10-12-25-51(43)63-54(44)53/h1-33H. The topological polar surface area (TPSA) is 48.0 Å². The molecule has 6 heteroatoms. The summed E-state index contributed by atoms with van der Waals surface area (Å²) < 4.78 is 7.63. The van der Waals surface area contributed by atoms with Crippen molar-refractivity contribution < 1.29 is 0 Å². The Bertz CT molecular complexity index is 4080. The lowest BCUT2D eigenvalue weighted by Crippen LogP contribution is -2.01. The molecule has 0 amide bonds. The number of fused-ring (bicyclic) bond motifs is 12. The van der Waals surface area contributed by atoms with Gasteiger partial charge in [-0.1, -0.05) is 152 Å². The van der Waals surface area contributed by atoms with Crippen molar-refractivity contribution in [3.63, 3.8) is 0 Å². The second kappa shape index (κ2) is 13.2. The van der Waals surface area contributed by atoms with E-state index in [0.717, 1.165) is 44.2 Å². The maximum absolute atomic E-state index is 5.11. The molecule has 0 bridgehead atoms. The van der Waals surface area contributed by atoms with E-state index in [-0.39, 0.29) is 0 Å². The summed E-state index contributed by atoms with van der Waals surface area (Å²) in [6.07, 6.45) is 0. The van der Waals surface area contributed by atoms with Gasteiger partial charge in [0.25, 0.3) is 0 Å². The van der Waals surface area contributed by atoms with E-state index in [9.17, 15) is 0 Å². The van der Waals surface area contributed by atoms with Gasteiger partial charge in [-0.25, -0.2) is 15.0 Å². The SMILES string of the molecule is c1ccc(-c2nc(-c3ccccc3)nc(-c3ccc(-n4c5ccccc5c5cc(-c6ccc7c(c6)c6cccc8c9sc%10ccccc%10c9n7c68)ccc54)c4ccccc34)n2)cc1. The number of rotatable bonds is 5. The Hall–Kier alpha value is -8.19. The van der Waals surface area contributed by atoms with Crippen molar-refractivity contribution >= 4 is 91.4 Å². The van der Waals surface area contributed by atoms with Gasteiger partial charge >= 0.3 is 0 Å². The number of hydrogen-bond donors (Lipinski definition) is 0. The fourth-order valence-corrected chi connectivity index (χ4v) is 11.3. The molecule has 0 atom stereocenters. The summed E-state index contributed by atoms with van der Waals surface area (Å²) in [5, 5.41) is 9.86. The lowest BCUT2D eigenvalue weighted by Gasteiger charge is -2.15. The zero-order chi connectivity index (χ0) is 41.2. The van der Waals surface area contributed by atoms with Gasteiger partial charge in [0.05, 0.1) is 38.0 Å². The first kappa shape index (κ1) is 34.5. The first-order chi connectivity index (χ1) is 31.2. The highest BCUT2D eigenvalue weighted by molar-refractivity contribution is 7.26. The molecule has 0 aliphatic carbocycles. The summed E-state index contributed by atoms with van der Waals surface area (Å²) in [6.45, 7) is 0. The predicted octanol–water partition coefficient (Wildman–Crippen LogP) is 15.2. The normalized spacial score (nSPS) is 12.1. The molecular weight excluding hydrogens is 787 g/mol. The zero-order valence-electron chi connectivity index (χ0n) is 33.7. The van der Waals surface area contributed by atoms with Crippen LogP contribution in [0.5, 0.6) is 0 Å². The monoisotopic (exact) mass is 819 g/mol. The molecular formula is C57H33N5S. The molecule has 63 heavy (non-hydrogen) atoms. The van der Waals surface area contributed by atoms with Crippen LogP contribution in [0.25, 0.3) is 131 Å². The summed E-state index contributed by atoms with van der Waals surface area (Å²) in [5.74, 6) is 1.94. The molecule has 14 rings (SSSR count). The highest BCUT2D eigenvalue weighted by Crippen LogP contribution is 2.46. The second-order valence-corrected chi connectivity index (χ2v) is 17.4. The minimum Gasteiger partial charge on any atom is -0.309 e. The Balaban J connectivity index is 0.937. The zero-order valence-corrected chi connectivity index (χ0v) is 34.5. The Kier molecular flexibility index (Phi) is 7.21. The third-order valence-corrected chi connectivity index (χ3v) is 14.1. The van der Waals surface area contributed by atoms with Crippen LogP contribution in [0.15, 0.2) is 200 Å². The highest BCUT2D eigenvalue weighted by Gasteiger charge is 2.22. The third kappa shape index (κ3) is 5.01. The minimum atomic E-state index is 0.642. The van der Waals surface area contributed by atoms with E-state index in [1.807, 2.05) is 47.7 Å². The fraction of sp³-hybridized carbons (Fsp3) is 0. The number of hydrogen-bond acceptors (Lipinski definition) is 4. The Labute approximate surface area is 364 Å². The van der Waals surface area contributed by atoms with Crippen molar-refractivity contribution in [2.45, 2.75) is 0 Å². The van der Waals surface area contributed by atoms with E-state index in [2.05, 4.69) is 173 Å². The van der Waals surface area contributed by atoms with Gasteiger partial charge in [-0.15, -0.1) is 11.3 Å². The van der Waals surface area contributed by atoms with Gasteiger partial charge in [-0.05, 0) is 65.0 Å². The van der Waals surface area contributed by atoms with Gasteiger partial charge < -0.3 is 8.97 Å². The molecule has 5 heterocycles. The van der Waals surface area contributed by atoms with E-state index >= 15 is 0 Å². The molecule has 5 nitrogen and oxygen atoms in total. The number of thiophene rings is 1. The van der Waals surface area contributed by atoms with E-state index < -0.39 is 0 Å². The van der Waals surface area contributed by atoms with Crippen LogP contribution in [-0.4, -0.2) is 23.9 Å². The quantitative estimate of drug-likeness (QED) is 0.174. The second-order valence-electron chi connectivity index (χ2n) is 16.3. The van der Waals surface area contributed by atoms with Crippen molar-refractivity contribution in [2.24, 2.45) is 0 Å². The van der Waals surface area contributed by atoms with Crippen LogP contribution >= 0.6 is 11.3 Å². The van der Waals surface area contributed by atoms with Crippen molar-refractivity contribution in [3.8, 4) is 51.0 Å². The van der Waals surface area contributed by atoms with E-state index in [1.54, 1.807) is 0 Å². The van der Waals surface area contributed by atoms with Gasteiger partial charge in [-0.3, -0.25) is 0 Å². The maximum atomic E-state index is 5.11. The average molecular weight is 820 g/mol. The molecule has 0 saturated carbocycles. The van der Waals surface area contributed by atoms with Crippen molar-refractivity contribution in [2.75, 3.05) is 0 Å². The molecule has 0 fully saturated rings. The predicted molar refractivity (Wildman–Crippen MR) is 263 cm³/mol. The van der Waals surface area contributed by atoms with E-state index in [4.69, 9.17) is 15.0 Å². The summed E-state index contributed by atoms with van der Waals surface area (Å²) in [4.78, 5) is 15.2. The van der Waals surface area contributed by atoms with Gasteiger partial charge in [0.1, 0.15) is 0 Å². The number of nitrogens with zero attached hydrogens (tertiary/aromatic N) is 5. The highest BCUT2D eigenvalue weighted by atomic mass is 32.1. The van der Waals surface area contributed by atoms with Crippen LogP contribution in [0, 0.1) is 0 Å². The summed E-state index contributed by atoms with van der Waals surface area (Å²) in [7, 11) is 0. The maximum Gasteiger partial charge on any atom is 0.164 e. The minimum absolute atomic E-state index is 0.642. The number of benzene rings is 9. The van der Waals surface area contributed by atoms with E-state index in [0.29, 0.717) is 17.5 Å². The van der Waals surface area contributed by atoms with Gasteiger partial charge in [-0.2, -0.15) is 0 Å². The van der Waals surface area contributed by atoms with Crippen LogP contribution in [0.3, 0.4) is 0 Å². The van der Waals surface area contributed by atoms with Crippen LogP contribution < -0.4 is 0 Å². The van der Waals surface area contributed by atoms with Crippen LogP contribution in [0.1, 0.15) is 0 Å². The number of para-hydroxylation sites is 2. The molecule has 0 aliphatic heterocycles. The van der Waals surface area contributed by atoms with Crippen LogP contribution in [0.4, 0.5) is 0 Å². The molecule has 0 radical (unpaired) electrons. The first-order valence-electron chi connectivity index (χ1n) is 21.3. The Morgan fingerprint density at radius 1 is 0.333 bits per heavy atom. The lowest BCUT2D eigenvalue weighted by atomic mass is 10.00. The molecule has 292 valence electrons. The molecule has 5 aromatic heterocycles. The van der Waals surface area contributed by atoms with Gasteiger partial charge in [0.15, 0.2) is 17.5 Å². The average Bonchev–Trinajstić information content (AvgIpc) is 4.09. The van der Waals surface area contributed by atoms with Crippen molar-refractivity contribution in [3.05, 3.63) is 200 Å². The smallest absolute Gasteiger partial charge is 0.164 e. The molecule has 0 unspecified atom stereocenters. The Morgan fingerprint density at radius 2 is 0.889 bits per heavy atom. The fourth-order valence-electron chi connectivity index (χ4n) is 10.1. The summed E-state index contributed by atoms with van der Waals surface area (Å²) in [5.41, 5.74) is 12.6.